The van der Waals surface area contributed by atoms with Gasteiger partial charge in [-0.25, -0.2) is 0 Å². The van der Waals surface area contributed by atoms with Crippen molar-refractivity contribution in [3.63, 3.8) is 0 Å². The maximum atomic E-state index is 12.5. The van der Waals surface area contributed by atoms with Crippen LogP contribution >= 0.6 is 11.8 Å². The molecular weight excluding hydrogens is 302 g/mol. The van der Waals surface area contributed by atoms with Crippen LogP contribution in [0.15, 0.2) is 71.6 Å². The van der Waals surface area contributed by atoms with Crippen molar-refractivity contribution in [2.75, 3.05) is 5.32 Å². The molecule has 0 saturated carbocycles. The number of hydrogen-bond donors (Lipinski definition) is 1. The van der Waals surface area contributed by atoms with Gasteiger partial charge in [-0.05, 0) is 37.4 Å². The molecule has 0 aliphatic rings. The lowest BCUT2D eigenvalue weighted by Crippen LogP contribution is -2.22. The van der Waals surface area contributed by atoms with Crippen molar-refractivity contribution >= 4 is 34.1 Å². The van der Waals surface area contributed by atoms with Crippen LogP contribution in [0, 0.1) is 6.92 Å². The van der Waals surface area contributed by atoms with Crippen LogP contribution in [0.4, 0.5) is 5.69 Å². The van der Waals surface area contributed by atoms with Crippen molar-refractivity contribution in [3.8, 4) is 0 Å². The average Bonchev–Trinajstić information content (AvgIpc) is 2.57. The molecule has 0 aromatic heterocycles. The molecule has 0 spiro atoms. The number of aryl methyl sites for hydroxylation is 1. The Morgan fingerprint density at radius 1 is 0.957 bits per heavy atom. The minimum Gasteiger partial charge on any atom is -0.325 e. The van der Waals surface area contributed by atoms with Crippen molar-refractivity contribution in [2.24, 2.45) is 0 Å². The quantitative estimate of drug-likeness (QED) is 0.663. The van der Waals surface area contributed by atoms with Gasteiger partial charge in [0.15, 0.2) is 0 Å². The summed E-state index contributed by atoms with van der Waals surface area (Å²) < 4.78 is 0. The molecule has 0 saturated heterocycles. The molecule has 0 bridgehead atoms. The average molecular weight is 321 g/mol. The molecule has 3 aromatic rings. The van der Waals surface area contributed by atoms with E-state index < -0.39 is 0 Å². The summed E-state index contributed by atoms with van der Waals surface area (Å²) >= 11 is 1.57. The number of hydrogen-bond acceptors (Lipinski definition) is 2. The Kier molecular flexibility index (Phi) is 4.68. The lowest BCUT2D eigenvalue weighted by Gasteiger charge is -2.13. The maximum absolute atomic E-state index is 12.5. The molecule has 23 heavy (non-hydrogen) atoms. The van der Waals surface area contributed by atoms with Crippen LogP contribution in [0.1, 0.15) is 12.5 Å². The molecule has 2 nitrogen and oxygen atoms in total. The van der Waals surface area contributed by atoms with E-state index in [4.69, 9.17) is 0 Å². The zero-order chi connectivity index (χ0) is 16.2. The number of carbonyl (C=O) groups excluding carboxylic acids is 1. The van der Waals surface area contributed by atoms with Gasteiger partial charge in [-0.2, -0.15) is 0 Å². The summed E-state index contributed by atoms with van der Waals surface area (Å²) in [5.41, 5.74) is 2.09. The van der Waals surface area contributed by atoms with Crippen molar-refractivity contribution in [1.29, 1.82) is 0 Å². The van der Waals surface area contributed by atoms with Crippen molar-refractivity contribution in [1.82, 2.24) is 0 Å². The van der Waals surface area contributed by atoms with Gasteiger partial charge in [-0.15, -0.1) is 11.8 Å². The highest BCUT2D eigenvalue weighted by Crippen LogP contribution is 2.27. The third-order valence-electron chi connectivity index (χ3n) is 3.75. The zero-order valence-corrected chi connectivity index (χ0v) is 14.1. The fourth-order valence-corrected chi connectivity index (χ4v) is 3.31. The SMILES string of the molecule is Cc1ccc(S[C@H](C)C(=O)Nc2cccc3ccccc23)cc1. The molecule has 1 atom stereocenters. The summed E-state index contributed by atoms with van der Waals surface area (Å²) in [7, 11) is 0. The normalized spacial score (nSPS) is 12.1. The summed E-state index contributed by atoms with van der Waals surface area (Å²) in [5, 5.41) is 5.10. The molecule has 116 valence electrons. The summed E-state index contributed by atoms with van der Waals surface area (Å²) in [6, 6.07) is 22.3. The van der Waals surface area contributed by atoms with Crippen molar-refractivity contribution in [3.05, 3.63) is 72.3 Å². The molecule has 0 unspecified atom stereocenters. The van der Waals surface area contributed by atoms with E-state index in [9.17, 15) is 4.79 Å². The van der Waals surface area contributed by atoms with Gasteiger partial charge in [0.05, 0.1) is 5.25 Å². The first kappa shape index (κ1) is 15.6. The largest absolute Gasteiger partial charge is 0.325 e. The van der Waals surface area contributed by atoms with Crippen LogP contribution in [0.5, 0.6) is 0 Å². The summed E-state index contributed by atoms with van der Waals surface area (Å²) in [5.74, 6) is 0.0203. The Hall–Kier alpha value is -2.26. The van der Waals surface area contributed by atoms with Crippen LogP contribution in [0.3, 0.4) is 0 Å². The fourth-order valence-electron chi connectivity index (χ4n) is 2.44. The molecule has 0 fully saturated rings. The first-order valence-corrected chi connectivity index (χ1v) is 8.53. The number of anilines is 1. The van der Waals surface area contributed by atoms with Gasteiger partial charge in [-0.3, -0.25) is 4.79 Å². The van der Waals surface area contributed by atoms with Gasteiger partial charge in [0.25, 0.3) is 0 Å². The molecule has 3 rings (SSSR count). The van der Waals surface area contributed by atoms with Gasteiger partial charge < -0.3 is 5.32 Å². The van der Waals surface area contributed by atoms with Crippen LogP contribution in [0.2, 0.25) is 0 Å². The van der Waals surface area contributed by atoms with Gasteiger partial charge in [0, 0.05) is 16.0 Å². The van der Waals surface area contributed by atoms with Gasteiger partial charge >= 0.3 is 0 Å². The first-order chi connectivity index (χ1) is 11.1. The summed E-state index contributed by atoms with van der Waals surface area (Å²) in [6.07, 6.45) is 0. The minimum atomic E-state index is -0.156. The highest BCUT2D eigenvalue weighted by atomic mass is 32.2. The maximum Gasteiger partial charge on any atom is 0.237 e. The standard InChI is InChI=1S/C20H19NOS/c1-14-10-12-17(13-11-14)23-15(2)20(22)21-19-9-5-7-16-6-3-4-8-18(16)19/h3-13,15H,1-2H3,(H,21,22)/t15-/m1/s1. The van der Waals surface area contributed by atoms with E-state index in [0.29, 0.717) is 0 Å². The van der Waals surface area contributed by atoms with Gasteiger partial charge in [-0.1, -0.05) is 54.1 Å². The van der Waals surface area contributed by atoms with Gasteiger partial charge in [0.2, 0.25) is 5.91 Å². The van der Waals surface area contributed by atoms with Gasteiger partial charge in [0.1, 0.15) is 0 Å². The van der Waals surface area contributed by atoms with Crippen molar-refractivity contribution < 1.29 is 4.79 Å². The molecule has 0 heterocycles. The summed E-state index contributed by atoms with van der Waals surface area (Å²) in [6.45, 7) is 4.00. The van der Waals surface area contributed by atoms with Crippen molar-refractivity contribution in [2.45, 2.75) is 24.0 Å². The Labute approximate surface area is 140 Å². The number of carbonyl (C=O) groups is 1. The molecule has 3 heteroatoms. The number of amides is 1. The Bertz CT molecular complexity index is 821. The van der Waals surface area contributed by atoms with Crippen LogP contribution in [-0.2, 0) is 4.79 Å². The van der Waals surface area contributed by atoms with E-state index >= 15 is 0 Å². The number of benzene rings is 3. The Balaban J connectivity index is 1.74. The molecule has 3 aromatic carbocycles. The molecule has 0 radical (unpaired) electrons. The molecular formula is C20H19NOS. The lowest BCUT2D eigenvalue weighted by molar-refractivity contribution is -0.115. The third kappa shape index (κ3) is 3.74. The van der Waals surface area contributed by atoms with E-state index in [1.54, 1.807) is 11.8 Å². The molecule has 1 amide bonds. The van der Waals surface area contributed by atoms with E-state index in [0.717, 1.165) is 21.4 Å². The molecule has 1 N–H and O–H groups in total. The third-order valence-corrected chi connectivity index (χ3v) is 4.86. The number of fused-ring (bicyclic) bond motifs is 1. The molecule has 0 aliphatic carbocycles. The van der Waals surface area contributed by atoms with E-state index in [1.165, 1.54) is 5.56 Å². The van der Waals surface area contributed by atoms with E-state index in [2.05, 4.69) is 48.6 Å². The smallest absolute Gasteiger partial charge is 0.237 e. The van der Waals surface area contributed by atoms with Crippen LogP contribution in [-0.4, -0.2) is 11.2 Å². The highest BCUT2D eigenvalue weighted by Gasteiger charge is 2.15. The number of thioether (sulfide) groups is 1. The monoisotopic (exact) mass is 321 g/mol. The fraction of sp³-hybridized carbons (Fsp3) is 0.150. The highest BCUT2D eigenvalue weighted by molar-refractivity contribution is 8.00. The minimum absolute atomic E-state index is 0.0203. The Morgan fingerprint density at radius 3 is 2.43 bits per heavy atom. The Morgan fingerprint density at radius 2 is 1.65 bits per heavy atom. The predicted molar refractivity (Wildman–Crippen MR) is 99.1 cm³/mol. The second-order valence-corrected chi connectivity index (χ2v) is 7.00. The summed E-state index contributed by atoms with van der Waals surface area (Å²) in [4.78, 5) is 13.6. The topological polar surface area (TPSA) is 29.1 Å². The van der Waals surface area contributed by atoms with E-state index in [1.807, 2.05) is 37.3 Å². The zero-order valence-electron chi connectivity index (χ0n) is 13.2. The van der Waals surface area contributed by atoms with E-state index in [-0.39, 0.29) is 11.2 Å². The van der Waals surface area contributed by atoms with Crippen LogP contribution < -0.4 is 5.32 Å². The lowest BCUT2D eigenvalue weighted by atomic mass is 10.1. The number of nitrogens with one attached hydrogen (secondary N) is 1. The predicted octanol–water partition coefficient (Wildman–Crippen LogP) is 5.27. The van der Waals surface area contributed by atoms with Crippen LogP contribution in [0.25, 0.3) is 10.8 Å². The number of rotatable bonds is 4. The second kappa shape index (κ2) is 6.88. The second-order valence-electron chi connectivity index (χ2n) is 5.59. The first-order valence-electron chi connectivity index (χ1n) is 7.65. The molecule has 0 aliphatic heterocycles.